The van der Waals surface area contributed by atoms with E-state index in [0.29, 0.717) is 0 Å². The summed E-state index contributed by atoms with van der Waals surface area (Å²) in [5.74, 6) is 1.77. The third-order valence-electron chi connectivity index (χ3n) is 4.77. The van der Waals surface area contributed by atoms with E-state index in [9.17, 15) is 0 Å². The zero-order valence-corrected chi connectivity index (χ0v) is 16.6. The summed E-state index contributed by atoms with van der Waals surface area (Å²) in [5.41, 5.74) is 2.49. The quantitative estimate of drug-likeness (QED) is 0.561. The van der Waals surface area contributed by atoms with Crippen LogP contribution in [0.5, 0.6) is 0 Å². The zero-order chi connectivity index (χ0) is 18.9. The first kappa shape index (κ1) is 19.2. The molecule has 3 aromatic heterocycles. The van der Waals surface area contributed by atoms with Crippen molar-refractivity contribution in [3.63, 3.8) is 0 Å². The summed E-state index contributed by atoms with van der Waals surface area (Å²) in [7, 11) is 0. The van der Waals surface area contributed by atoms with Gasteiger partial charge in [-0.05, 0) is 11.1 Å². The Morgan fingerprint density at radius 1 is 0.778 bits per heavy atom. The van der Waals surface area contributed by atoms with Crippen LogP contribution in [0.15, 0.2) is 49.1 Å². The van der Waals surface area contributed by atoms with Gasteiger partial charge >= 0.3 is 0 Å². The Morgan fingerprint density at radius 3 is 1.81 bits per heavy atom. The van der Waals surface area contributed by atoms with E-state index in [-0.39, 0.29) is 0 Å². The van der Waals surface area contributed by atoms with Crippen molar-refractivity contribution in [3.05, 3.63) is 71.8 Å². The fourth-order valence-electron chi connectivity index (χ4n) is 3.06. The highest BCUT2D eigenvalue weighted by Crippen LogP contribution is 2.07. The van der Waals surface area contributed by atoms with Crippen LogP contribution in [-0.4, -0.2) is 15.2 Å². The molecule has 0 bridgehead atoms. The van der Waals surface area contributed by atoms with Crippen LogP contribution in [0.4, 0.5) is 0 Å². The molecule has 0 saturated heterocycles. The van der Waals surface area contributed by atoms with Crippen LogP contribution in [0.2, 0.25) is 0 Å². The van der Waals surface area contributed by atoms with Crippen molar-refractivity contribution >= 4 is 0 Å². The minimum atomic E-state index is 0.761. The molecular formula is C22H31N5+2. The summed E-state index contributed by atoms with van der Waals surface area (Å²) in [5, 5.41) is 7.48. The van der Waals surface area contributed by atoms with E-state index in [4.69, 9.17) is 0 Å². The molecule has 0 aliphatic rings. The van der Waals surface area contributed by atoms with E-state index < -0.39 is 0 Å². The molecule has 0 aliphatic heterocycles. The van der Waals surface area contributed by atoms with Gasteiger partial charge in [0, 0.05) is 49.9 Å². The predicted octanol–water partition coefficient (Wildman–Crippen LogP) is 3.16. The summed E-state index contributed by atoms with van der Waals surface area (Å²) >= 11 is 0. The molecule has 1 N–H and O–H groups in total. The van der Waals surface area contributed by atoms with Crippen LogP contribution < -0.4 is 9.13 Å². The van der Waals surface area contributed by atoms with Crippen LogP contribution >= 0.6 is 0 Å². The monoisotopic (exact) mass is 365 g/mol. The molecule has 142 valence electrons. The number of hydrogen-bond acceptors (Lipinski definition) is 2. The minimum Gasteiger partial charge on any atom is -0.263 e. The van der Waals surface area contributed by atoms with Gasteiger partial charge in [0.2, 0.25) is 0 Å². The van der Waals surface area contributed by atoms with Gasteiger partial charge in [0.05, 0.1) is 0 Å². The molecule has 0 amide bonds. The highest BCUT2D eigenvalue weighted by atomic mass is 15.2. The van der Waals surface area contributed by atoms with E-state index in [2.05, 4.69) is 87.2 Å². The van der Waals surface area contributed by atoms with Gasteiger partial charge in [0.15, 0.2) is 30.6 Å². The number of hydrogen-bond donors (Lipinski definition) is 1. The third-order valence-corrected chi connectivity index (χ3v) is 4.77. The van der Waals surface area contributed by atoms with Gasteiger partial charge in [-0.2, -0.15) is 5.10 Å². The Morgan fingerprint density at radius 2 is 1.30 bits per heavy atom. The van der Waals surface area contributed by atoms with Crippen molar-refractivity contribution in [2.45, 2.75) is 65.5 Å². The lowest BCUT2D eigenvalue weighted by Crippen LogP contribution is -2.32. The molecule has 0 unspecified atom stereocenters. The maximum Gasteiger partial charge on any atom is 0.169 e. The van der Waals surface area contributed by atoms with E-state index in [1.54, 1.807) is 0 Å². The van der Waals surface area contributed by atoms with Crippen LogP contribution in [0.1, 0.15) is 62.3 Å². The third kappa shape index (κ3) is 5.98. The standard InChI is InChI=1S/C22H31N5/c1-3-5-11-26-13-7-19(8-14-26)17-21-23-22(25-24-21)18-20-9-15-27(16-10-20)12-6-4-2/h7-10,13-16H,3-6,11-12,17-18H2,1-2H3,(H,23,24,25)/q+2. The van der Waals surface area contributed by atoms with Gasteiger partial charge in [-0.25, -0.2) is 14.1 Å². The summed E-state index contributed by atoms with van der Waals surface area (Å²) < 4.78 is 4.47. The molecule has 5 heteroatoms. The van der Waals surface area contributed by atoms with Crippen molar-refractivity contribution in [2.24, 2.45) is 0 Å². The molecule has 0 saturated carbocycles. The van der Waals surface area contributed by atoms with E-state index in [0.717, 1.165) is 37.6 Å². The number of unbranched alkanes of at least 4 members (excludes halogenated alkanes) is 2. The SMILES string of the molecule is CCCC[n+]1ccc(Cc2n[nH]c(Cc3cc[n+](CCCC)cc3)n2)cc1. The highest BCUT2D eigenvalue weighted by Gasteiger charge is 2.08. The van der Waals surface area contributed by atoms with Gasteiger partial charge in [-0.1, -0.05) is 26.7 Å². The zero-order valence-electron chi connectivity index (χ0n) is 16.6. The van der Waals surface area contributed by atoms with Crippen molar-refractivity contribution in [3.8, 4) is 0 Å². The van der Waals surface area contributed by atoms with Crippen LogP contribution in [-0.2, 0) is 25.9 Å². The van der Waals surface area contributed by atoms with Gasteiger partial charge in [-0.3, -0.25) is 5.10 Å². The lowest BCUT2D eigenvalue weighted by Gasteiger charge is -1.99. The molecule has 0 fully saturated rings. The summed E-state index contributed by atoms with van der Waals surface area (Å²) in [6.07, 6.45) is 15.0. The number of H-pyrrole nitrogens is 1. The Kier molecular flexibility index (Phi) is 7.08. The first-order chi connectivity index (χ1) is 13.3. The summed E-state index contributed by atoms with van der Waals surface area (Å²) in [4.78, 5) is 4.66. The minimum absolute atomic E-state index is 0.761. The molecule has 0 aliphatic carbocycles. The number of rotatable bonds is 10. The van der Waals surface area contributed by atoms with E-state index in [1.165, 1.54) is 36.8 Å². The Balaban J connectivity index is 1.55. The molecule has 27 heavy (non-hydrogen) atoms. The molecule has 0 aromatic carbocycles. The molecule has 3 rings (SSSR count). The van der Waals surface area contributed by atoms with Crippen LogP contribution in [0.25, 0.3) is 0 Å². The Bertz CT molecular complexity index is 737. The number of nitrogens with zero attached hydrogens (tertiary/aromatic N) is 4. The fraction of sp³-hybridized carbons (Fsp3) is 0.455. The van der Waals surface area contributed by atoms with Crippen LogP contribution in [0, 0.1) is 0 Å². The molecule has 3 aromatic rings. The van der Waals surface area contributed by atoms with Gasteiger partial charge in [-0.15, -0.1) is 0 Å². The van der Waals surface area contributed by atoms with E-state index >= 15 is 0 Å². The second-order valence-corrected chi connectivity index (χ2v) is 7.15. The first-order valence-corrected chi connectivity index (χ1v) is 10.1. The van der Waals surface area contributed by atoms with Crippen molar-refractivity contribution in [2.75, 3.05) is 0 Å². The van der Waals surface area contributed by atoms with Gasteiger partial charge in [0.1, 0.15) is 18.9 Å². The number of aryl methyl sites for hydroxylation is 2. The molecule has 5 nitrogen and oxygen atoms in total. The van der Waals surface area contributed by atoms with Gasteiger partial charge in [0.25, 0.3) is 0 Å². The Hall–Kier alpha value is -2.56. The number of aromatic nitrogens is 5. The summed E-state index contributed by atoms with van der Waals surface area (Å²) in [6, 6.07) is 8.67. The lowest BCUT2D eigenvalue weighted by atomic mass is 10.2. The average Bonchev–Trinajstić information content (AvgIpc) is 3.13. The number of pyridine rings is 2. The molecule has 3 heterocycles. The largest absolute Gasteiger partial charge is 0.263 e. The average molecular weight is 366 g/mol. The normalized spacial score (nSPS) is 11.0. The van der Waals surface area contributed by atoms with Gasteiger partial charge < -0.3 is 0 Å². The fourth-order valence-corrected chi connectivity index (χ4v) is 3.06. The molecule has 0 atom stereocenters. The molecule has 0 radical (unpaired) electrons. The van der Waals surface area contributed by atoms with Crippen LogP contribution in [0.3, 0.4) is 0 Å². The Labute approximate surface area is 162 Å². The lowest BCUT2D eigenvalue weighted by molar-refractivity contribution is -0.697. The smallest absolute Gasteiger partial charge is 0.169 e. The van der Waals surface area contributed by atoms with Crippen molar-refractivity contribution < 1.29 is 9.13 Å². The molecule has 0 spiro atoms. The van der Waals surface area contributed by atoms with Crippen molar-refractivity contribution in [1.29, 1.82) is 0 Å². The first-order valence-electron chi connectivity index (χ1n) is 10.1. The predicted molar refractivity (Wildman–Crippen MR) is 105 cm³/mol. The van der Waals surface area contributed by atoms with Crippen molar-refractivity contribution in [1.82, 2.24) is 15.2 Å². The van der Waals surface area contributed by atoms with E-state index in [1.807, 2.05) is 0 Å². The number of aromatic amines is 1. The summed E-state index contributed by atoms with van der Waals surface area (Å²) in [6.45, 7) is 6.60. The second-order valence-electron chi connectivity index (χ2n) is 7.15. The topological polar surface area (TPSA) is 49.3 Å². The molecular weight excluding hydrogens is 334 g/mol. The maximum atomic E-state index is 4.66. The highest BCUT2D eigenvalue weighted by molar-refractivity contribution is 5.16. The maximum absolute atomic E-state index is 4.66. The second kappa shape index (κ2) is 9.95. The number of nitrogens with one attached hydrogen (secondary N) is 1.